The van der Waals surface area contributed by atoms with E-state index in [0.717, 1.165) is 36.8 Å². The molecule has 3 rings (SSSR count). The van der Waals surface area contributed by atoms with Gasteiger partial charge in [-0.2, -0.15) is 0 Å². The summed E-state index contributed by atoms with van der Waals surface area (Å²) < 4.78 is 10.7. The van der Waals surface area contributed by atoms with E-state index in [0.29, 0.717) is 35.9 Å². The van der Waals surface area contributed by atoms with Gasteiger partial charge in [0.05, 0.1) is 14.2 Å². The molecule has 2 aromatic rings. The number of benzene rings is 2. The van der Waals surface area contributed by atoms with Gasteiger partial charge in [0.2, 0.25) is 11.8 Å². The van der Waals surface area contributed by atoms with E-state index in [1.807, 2.05) is 49.4 Å². The molecule has 0 radical (unpaired) electrons. The maximum absolute atomic E-state index is 13.5. The summed E-state index contributed by atoms with van der Waals surface area (Å²) in [5, 5.41) is 3.86. The summed E-state index contributed by atoms with van der Waals surface area (Å²) in [4.78, 5) is 28.6. The summed E-state index contributed by atoms with van der Waals surface area (Å²) in [6.07, 6.45) is 6.89. The number of methoxy groups -OCH3 is 2. The molecular formula is C28H37ClN2O4. The molecule has 1 N–H and O–H groups in total. The summed E-state index contributed by atoms with van der Waals surface area (Å²) >= 11 is 6.06. The van der Waals surface area contributed by atoms with E-state index in [1.54, 1.807) is 19.1 Å². The van der Waals surface area contributed by atoms with Crippen LogP contribution in [0.15, 0.2) is 42.5 Å². The van der Waals surface area contributed by atoms with E-state index < -0.39 is 6.04 Å². The van der Waals surface area contributed by atoms with Gasteiger partial charge in [-0.15, -0.1) is 0 Å². The zero-order valence-electron chi connectivity index (χ0n) is 21.0. The van der Waals surface area contributed by atoms with Crippen LogP contribution in [-0.4, -0.2) is 43.0 Å². The quantitative estimate of drug-likeness (QED) is 0.439. The summed E-state index contributed by atoms with van der Waals surface area (Å²) in [7, 11) is 3.19. The fraction of sp³-hybridized carbons (Fsp3) is 0.500. The van der Waals surface area contributed by atoms with Gasteiger partial charge in [-0.3, -0.25) is 9.59 Å². The maximum Gasteiger partial charge on any atom is 0.243 e. The molecule has 7 heteroatoms. The first-order valence-electron chi connectivity index (χ1n) is 12.5. The van der Waals surface area contributed by atoms with Crippen LogP contribution in [0.5, 0.6) is 11.5 Å². The molecule has 1 unspecified atom stereocenters. The molecule has 6 nitrogen and oxygen atoms in total. The van der Waals surface area contributed by atoms with Crippen molar-refractivity contribution in [1.82, 2.24) is 10.2 Å². The largest absolute Gasteiger partial charge is 0.493 e. The Hall–Kier alpha value is -2.73. The molecule has 1 aliphatic rings. The molecule has 1 fully saturated rings. The molecule has 0 aliphatic heterocycles. The van der Waals surface area contributed by atoms with Crippen molar-refractivity contribution in [3.63, 3.8) is 0 Å². The third kappa shape index (κ3) is 7.63. The van der Waals surface area contributed by atoms with Crippen molar-refractivity contribution < 1.29 is 19.1 Å². The molecule has 2 amide bonds. The van der Waals surface area contributed by atoms with Crippen LogP contribution < -0.4 is 14.8 Å². The second kappa shape index (κ2) is 13.4. The maximum atomic E-state index is 13.5. The van der Waals surface area contributed by atoms with Gasteiger partial charge in [0.25, 0.3) is 0 Å². The van der Waals surface area contributed by atoms with E-state index in [1.165, 1.54) is 6.42 Å². The number of nitrogens with one attached hydrogen (secondary N) is 1. The van der Waals surface area contributed by atoms with Gasteiger partial charge in [-0.1, -0.05) is 56.0 Å². The van der Waals surface area contributed by atoms with Crippen molar-refractivity contribution in [2.24, 2.45) is 0 Å². The summed E-state index contributed by atoms with van der Waals surface area (Å²) in [6, 6.07) is 12.8. The first kappa shape index (κ1) is 26.9. The minimum absolute atomic E-state index is 0.0552. The average Bonchev–Trinajstić information content (AvgIpc) is 2.88. The van der Waals surface area contributed by atoms with Crippen LogP contribution in [0, 0.1) is 0 Å². The highest BCUT2D eigenvalue weighted by atomic mass is 35.5. The van der Waals surface area contributed by atoms with Crippen molar-refractivity contribution in [3.05, 3.63) is 58.6 Å². The minimum atomic E-state index is -0.523. The number of carbonyl (C=O) groups is 2. The molecular weight excluding hydrogens is 464 g/mol. The van der Waals surface area contributed by atoms with Gasteiger partial charge in [-0.25, -0.2) is 0 Å². The Morgan fingerprint density at radius 3 is 2.29 bits per heavy atom. The number of amides is 2. The lowest BCUT2D eigenvalue weighted by Gasteiger charge is -2.33. The number of carbonyl (C=O) groups excluding carboxylic acids is 2. The molecule has 0 heterocycles. The molecule has 0 aromatic heterocycles. The van der Waals surface area contributed by atoms with Gasteiger partial charge in [0.1, 0.15) is 6.04 Å². The van der Waals surface area contributed by atoms with Gasteiger partial charge >= 0.3 is 0 Å². The van der Waals surface area contributed by atoms with Gasteiger partial charge in [-0.05, 0) is 61.1 Å². The minimum Gasteiger partial charge on any atom is -0.493 e. The zero-order chi connectivity index (χ0) is 25.2. The van der Waals surface area contributed by atoms with Crippen LogP contribution >= 0.6 is 11.6 Å². The zero-order valence-corrected chi connectivity index (χ0v) is 21.8. The Morgan fingerprint density at radius 1 is 1.00 bits per heavy atom. The highest BCUT2D eigenvalue weighted by Crippen LogP contribution is 2.28. The van der Waals surface area contributed by atoms with Crippen LogP contribution in [0.1, 0.15) is 63.0 Å². The number of hydrogen-bond donors (Lipinski definition) is 1. The lowest BCUT2D eigenvalue weighted by Crippen LogP contribution is -2.51. The topological polar surface area (TPSA) is 67.9 Å². The van der Waals surface area contributed by atoms with Gasteiger partial charge in [0, 0.05) is 24.0 Å². The predicted octanol–water partition coefficient (Wildman–Crippen LogP) is 5.55. The Balaban J connectivity index is 1.76. The van der Waals surface area contributed by atoms with Gasteiger partial charge in [0.15, 0.2) is 11.5 Å². The normalized spacial score (nSPS) is 14.7. The monoisotopic (exact) mass is 500 g/mol. The molecule has 0 saturated heterocycles. The molecule has 1 saturated carbocycles. The van der Waals surface area contributed by atoms with Crippen LogP contribution in [0.2, 0.25) is 5.02 Å². The van der Waals surface area contributed by atoms with Gasteiger partial charge < -0.3 is 19.7 Å². The van der Waals surface area contributed by atoms with E-state index in [4.69, 9.17) is 21.1 Å². The van der Waals surface area contributed by atoms with Crippen LogP contribution in [0.4, 0.5) is 0 Å². The van der Waals surface area contributed by atoms with Crippen molar-refractivity contribution in [2.45, 2.75) is 76.9 Å². The third-order valence-electron chi connectivity index (χ3n) is 6.68. The number of aryl methyl sites for hydroxylation is 1. The standard InChI is InChI=1S/C28H37ClN2O4/c1-4-24(28(33)30-23-8-6-5-7-9-23)31(19-21-10-14-22(29)15-11-21)27(32)17-13-20-12-16-25(34-2)26(18-20)35-3/h10-12,14-16,18,23-24H,4-9,13,17,19H2,1-3H3,(H,30,33). The number of nitrogens with zero attached hydrogens (tertiary/aromatic N) is 1. The number of rotatable bonds is 11. The molecule has 35 heavy (non-hydrogen) atoms. The molecule has 190 valence electrons. The summed E-state index contributed by atoms with van der Waals surface area (Å²) in [5.41, 5.74) is 1.92. The smallest absolute Gasteiger partial charge is 0.243 e. The Labute approximate surface area is 213 Å². The van der Waals surface area contributed by atoms with E-state index in [-0.39, 0.29) is 24.3 Å². The third-order valence-corrected chi connectivity index (χ3v) is 6.93. The average molecular weight is 501 g/mol. The molecule has 1 atom stereocenters. The Morgan fingerprint density at radius 2 is 1.66 bits per heavy atom. The molecule has 1 aliphatic carbocycles. The Bertz CT molecular complexity index is 973. The second-order valence-corrected chi connectivity index (χ2v) is 9.54. The van der Waals surface area contributed by atoms with Crippen molar-refractivity contribution in [2.75, 3.05) is 14.2 Å². The molecule has 2 aromatic carbocycles. The predicted molar refractivity (Wildman–Crippen MR) is 139 cm³/mol. The first-order valence-corrected chi connectivity index (χ1v) is 12.9. The van der Waals surface area contributed by atoms with E-state index in [9.17, 15) is 9.59 Å². The first-order chi connectivity index (χ1) is 16.9. The fourth-order valence-electron chi connectivity index (χ4n) is 4.68. The summed E-state index contributed by atoms with van der Waals surface area (Å²) in [6.45, 7) is 2.32. The number of ether oxygens (including phenoxy) is 2. The fourth-order valence-corrected chi connectivity index (χ4v) is 4.81. The van der Waals surface area contributed by atoms with Crippen molar-refractivity contribution in [3.8, 4) is 11.5 Å². The summed E-state index contributed by atoms with van der Waals surface area (Å²) in [5.74, 6) is 1.17. The molecule has 0 bridgehead atoms. The lowest BCUT2D eigenvalue weighted by molar-refractivity contribution is -0.141. The number of halogens is 1. The molecule has 0 spiro atoms. The van der Waals surface area contributed by atoms with Crippen molar-refractivity contribution in [1.29, 1.82) is 0 Å². The van der Waals surface area contributed by atoms with Crippen LogP contribution in [0.25, 0.3) is 0 Å². The van der Waals surface area contributed by atoms with Crippen molar-refractivity contribution >= 4 is 23.4 Å². The van der Waals surface area contributed by atoms with Crippen LogP contribution in [-0.2, 0) is 22.6 Å². The Kier molecular flexibility index (Phi) is 10.3. The van der Waals surface area contributed by atoms with Crippen LogP contribution in [0.3, 0.4) is 0 Å². The SMILES string of the molecule is CCC(C(=O)NC1CCCCC1)N(Cc1ccc(Cl)cc1)C(=O)CCc1ccc(OC)c(OC)c1. The highest BCUT2D eigenvalue weighted by Gasteiger charge is 2.30. The number of hydrogen-bond acceptors (Lipinski definition) is 4. The lowest BCUT2D eigenvalue weighted by atomic mass is 9.95. The van der Waals surface area contributed by atoms with E-state index in [2.05, 4.69) is 5.32 Å². The van der Waals surface area contributed by atoms with E-state index >= 15 is 0 Å². The highest BCUT2D eigenvalue weighted by molar-refractivity contribution is 6.30. The second-order valence-electron chi connectivity index (χ2n) is 9.11.